The van der Waals surface area contributed by atoms with Gasteiger partial charge in [-0.3, -0.25) is 0 Å². The molecule has 3 rings (SSSR count). The number of rotatable bonds is 5. The summed E-state index contributed by atoms with van der Waals surface area (Å²) in [6.07, 6.45) is 2.99. The molecule has 1 unspecified atom stereocenters. The normalized spacial score (nSPS) is 12.4. The van der Waals surface area contributed by atoms with E-state index in [1.165, 1.54) is 21.9 Å². The standard InChI is InChI=1S/C20H19Cl/c21-20(13-11-16-6-2-1-3-7-16)15-17-10-12-18-8-4-5-9-19(18)14-17/h1-10,12,14,20H,11,13,15H2. The van der Waals surface area contributed by atoms with Crippen molar-refractivity contribution < 1.29 is 0 Å². The summed E-state index contributed by atoms with van der Waals surface area (Å²) in [7, 11) is 0. The van der Waals surface area contributed by atoms with Crippen molar-refractivity contribution in [3.05, 3.63) is 83.9 Å². The molecule has 106 valence electrons. The maximum atomic E-state index is 6.52. The fourth-order valence-electron chi connectivity index (χ4n) is 2.69. The largest absolute Gasteiger partial charge is 0.123 e. The number of hydrogen-bond donors (Lipinski definition) is 0. The Labute approximate surface area is 131 Å². The Bertz CT molecular complexity index is 703. The van der Waals surface area contributed by atoms with E-state index < -0.39 is 0 Å². The average Bonchev–Trinajstić information content (AvgIpc) is 2.54. The molecule has 0 fully saturated rings. The first kappa shape index (κ1) is 14.2. The summed E-state index contributed by atoms with van der Waals surface area (Å²) in [5, 5.41) is 2.77. The lowest BCUT2D eigenvalue weighted by molar-refractivity contribution is 0.744. The molecule has 3 aromatic carbocycles. The van der Waals surface area contributed by atoms with Gasteiger partial charge in [-0.25, -0.2) is 0 Å². The lowest BCUT2D eigenvalue weighted by Crippen LogP contribution is -2.05. The molecule has 0 spiro atoms. The van der Waals surface area contributed by atoms with Crippen molar-refractivity contribution in [3.63, 3.8) is 0 Å². The highest BCUT2D eigenvalue weighted by Gasteiger charge is 2.07. The highest BCUT2D eigenvalue weighted by atomic mass is 35.5. The van der Waals surface area contributed by atoms with Gasteiger partial charge in [0.15, 0.2) is 0 Å². The molecular formula is C20H19Cl. The molecule has 0 amide bonds. The highest BCUT2D eigenvalue weighted by molar-refractivity contribution is 6.20. The van der Waals surface area contributed by atoms with Gasteiger partial charge in [0.05, 0.1) is 0 Å². The van der Waals surface area contributed by atoms with Gasteiger partial charge in [-0.1, -0.05) is 72.8 Å². The number of hydrogen-bond acceptors (Lipinski definition) is 0. The SMILES string of the molecule is ClC(CCc1ccccc1)Cc1ccc2ccccc2c1. The lowest BCUT2D eigenvalue weighted by atomic mass is 10.0. The number of fused-ring (bicyclic) bond motifs is 1. The van der Waals surface area contributed by atoms with E-state index in [9.17, 15) is 0 Å². The Hall–Kier alpha value is -1.79. The van der Waals surface area contributed by atoms with Gasteiger partial charge in [0, 0.05) is 5.38 Å². The number of aryl methyl sites for hydroxylation is 1. The zero-order valence-corrected chi connectivity index (χ0v) is 12.8. The molecule has 0 bridgehead atoms. The van der Waals surface area contributed by atoms with Crippen LogP contribution in [0.3, 0.4) is 0 Å². The number of benzene rings is 3. The van der Waals surface area contributed by atoms with Crippen LogP contribution in [0.15, 0.2) is 72.8 Å². The topological polar surface area (TPSA) is 0 Å². The van der Waals surface area contributed by atoms with Crippen LogP contribution in [0, 0.1) is 0 Å². The maximum absolute atomic E-state index is 6.52. The third-order valence-electron chi connectivity index (χ3n) is 3.86. The van der Waals surface area contributed by atoms with Gasteiger partial charge in [0.2, 0.25) is 0 Å². The minimum Gasteiger partial charge on any atom is -0.123 e. The molecule has 0 aromatic heterocycles. The van der Waals surface area contributed by atoms with E-state index in [4.69, 9.17) is 11.6 Å². The van der Waals surface area contributed by atoms with Crippen molar-refractivity contribution in [3.8, 4) is 0 Å². The van der Waals surface area contributed by atoms with Gasteiger partial charge >= 0.3 is 0 Å². The zero-order valence-electron chi connectivity index (χ0n) is 12.0. The first-order valence-electron chi connectivity index (χ1n) is 7.47. The molecule has 1 heteroatoms. The van der Waals surface area contributed by atoms with Crippen LogP contribution in [-0.2, 0) is 12.8 Å². The van der Waals surface area contributed by atoms with Gasteiger partial charge in [-0.2, -0.15) is 0 Å². The van der Waals surface area contributed by atoms with Crippen LogP contribution >= 0.6 is 11.6 Å². The van der Waals surface area contributed by atoms with Crippen LogP contribution in [0.5, 0.6) is 0 Å². The van der Waals surface area contributed by atoms with Gasteiger partial charge in [-0.15, -0.1) is 11.6 Å². The van der Waals surface area contributed by atoms with Crippen molar-refractivity contribution in [2.24, 2.45) is 0 Å². The van der Waals surface area contributed by atoms with Crippen LogP contribution < -0.4 is 0 Å². The molecule has 0 radical (unpaired) electrons. The summed E-state index contributed by atoms with van der Waals surface area (Å²) in [6.45, 7) is 0. The molecule has 0 N–H and O–H groups in total. The fourth-order valence-corrected chi connectivity index (χ4v) is 2.98. The van der Waals surface area contributed by atoms with E-state index in [1.54, 1.807) is 0 Å². The second-order valence-electron chi connectivity index (χ2n) is 5.51. The minimum absolute atomic E-state index is 0.186. The molecule has 21 heavy (non-hydrogen) atoms. The first-order chi connectivity index (χ1) is 10.3. The van der Waals surface area contributed by atoms with Crippen molar-refractivity contribution >= 4 is 22.4 Å². The van der Waals surface area contributed by atoms with Crippen LogP contribution in [0.4, 0.5) is 0 Å². The summed E-state index contributed by atoms with van der Waals surface area (Å²) in [5.74, 6) is 0. The van der Waals surface area contributed by atoms with Gasteiger partial charge in [0.25, 0.3) is 0 Å². The summed E-state index contributed by atoms with van der Waals surface area (Å²) in [6, 6.07) is 25.7. The molecule has 0 aliphatic rings. The van der Waals surface area contributed by atoms with Gasteiger partial charge < -0.3 is 0 Å². The number of halogens is 1. The van der Waals surface area contributed by atoms with E-state index in [0.29, 0.717) is 0 Å². The van der Waals surface area contributed by atoms with E-state index >= 15 is 0 Å². The van der Waals surface area contributed by atoms with Crippen molar-refractivity contribution in [2.45, 2.75) is 24.6 Å². The predicted octanol–water partition coefficient (Wildman–Crippen LogP) is 5.62. The van der Waals surface area contributed by atoms with Crippen molar-refractivity contribution in [1.82, 2.24) is 0 Å². The number of alkyl halides is 1. The smallest absolute Gasteiger partial charge is 0.0379 e. The van der Waals surface area contributed by atoms with Crippen molar-refractivity contribution in [1.29, 1.82) is 0 Å². The second-order valence-corrected chi connectivity index (χ2v) is 6.12. The molecule has 0 saturated heterocycles. The van der Waals surface area contributed by atoms with E-state index in [1.807, 2.05) is 0 Å². The van der Waals surface area contributed by atoms with Gasteiger partial charge in [0.1, 0.15) is 0 Å². The first-order valence-corrected chi connectivity index (χ1v) is 7.90. The Morgan fingerprint density at radius 3 is 2.24 bits per heavy atom. The van der Waals surface area contributed by atoms with Crippen LogP contribution in [-0.4, -0.2) is 5.38 Å². The molecular weight excluding hydrogens is 276 g/mol. The molecule has 0 aliphatic carbocycles. The summed E-state index contributed by atoms with van der Waals surface area (Å²) >= 11 is 6.52. The monoisotopic (exact) mass is 294 g/mol. The van der Waals surface area contributed by atoms with Crippen LogP contribution in [0.25, 0.3) is 10.8 Å². The Morgan fingerprint density at radius 2 is 1.43 bits per heavy atom. The zero-order chi connectivity index (χ0) is 14.5. The lowest BCUT2D eigenvalue weighted by Gasteiger charge is -2.10. The van der Waals surface area contributed by atoms with Gasteiger partial charge in [-0.05, 0) is 41.2 Å². The highest BCUT2D eigenvalue weighted by Crippen LogP contribution is 2.19. The minimum atomic E-state index is 0.186. The average molecular weight is 295 g/mol. The van der Waals surface area contributed by atoms with E-state index in [0.717, 1.165) is 19.3 Å². The molecule has 0 heterocycles. The Balaban J connectivity index is 1.62. The summed E-state index contributed by atoms with van der Waals surface area (Å²) in [5.41, 5.74) is 2.68. The van der Waals surface area contributed by atoms with E-state index in [-0.39, 0.29) is 5.38 Å². The van der Waals surface area contributed by atoms with Crippen molar-refractivity contribution in [2.75, 3.05) is 0 Å². The molecule has 3 aromatic rings. The summed E-state index contributed by atoms with van der Waals surface area (Å²) in [4.78, 5) is 0. The third kappa shape index (κ3) is 3.86. The second kappa shape index (κ2) is 6.78. The Kier molecular flexibility index (Phi) is 4.57. The summed E-state index contributed by atoms with van der Waals surface area (Å²) < 4.78 is 0. The molecule has 0 saturated carbocycles. The predicted molar refractivity (Wildman–Crippen MR) is 92.1 cm³/mol. The maximum Gasteiger partial charge on any atom is 0.0379 e. The van der Waals surface area contributed by atoms with Crippen LogP contribution in [0.2, 0.25) is 0 Å². The quantitative estimate of drug-likeness (QED) is 0.536. The molecule has 1 atom stereocenters. The third-order valence-corrected chi connectivity index (χ3v) is 4.23. The van der Waals surface area contributed by atoms with E-state index in [2.05, 4.69) is 72.8 Å². The van der Waals surface area contributed by atoms with Crippen LogP contribution in [0.1, 0.15) is 17.5 Å². The molecule has 0 nitrogen and oxygen atoms in total. The Morgan fingerprint density at radius 1 is 0.714 bits per heavy atom. The fraction of sp³-hybridized carbons (Fsp3) is 0.200. The molecule has 0 aliphatic heterocycles.